The van der Waals surface area contributed by atoms with Crippen LogP contribution >= 0.6 is 0 Å². The van der Waals surface area contributed by atoms with Crippen molar-refractivity contribution in [2.75, 3.05) is 7.11 Å². The molecule has 0 spiro atoms. The van der Waals surface area contributed by atoms with Gasteiger partial charge in [0.2, 0.25) is 0 Å². The fourth-order valence-electron chi connectivity index (χ4n) is 2.92. The third-order valence-electron chi connectivity index (χ3n) is 4.00. The van der Waals surface area contributed by atoms with Gasteiger partial charge in [-0.15, -0.1) is 0 Å². The molecule has 7 heteroatoms. The normalized spacial score (nSPS) is 18.9. The van der Waals surface area contributed by atoms with Crippen LogP contribution in [0.3, 0.4) is 0 Å². The van der Waals surface area contributed by atoms with Gasteiger partial charge in [-0.05, 0) is 73.1 Å². The molecule has 1 aliphatic carbocycles. The minimum absolute atomic E-state index is 0.0826. The van der Waals surface area contributed by atoms with Gasteiger partial charge in [0.15, 0.2) is 0 Å². The van der Waals surface area contributed by atoms with Crippen LogP contribution in [0, 0.1) is 5.92 Å². The number of amides is 1. The van der Waals surface area contributed by atoms with E-state index in [4.69, 9.17) is 14.2 Å². The lowest BCUT2D eigenvalue weighted by atomic mass is 9.81. The number of hydrogen-bond donors (Lipinski definition) is 1. The molecule has 0 aromatic rings. The van der Waals surface area contributed by atoms with Crippen molar-refractivity contribution >= 4 is 18.0 Å². The fourth-order valence-corrected chi connectivity index (χ4v) is 2.92. The molecule has 0 aromatic heterocycles. The molecule has 1 amide bonds. The molecule has 1 fully saturated rings. The molecular formula is C20H33NO6. The number of nitrogens with one attached hydrogen (secondary N) is 1. The van der Waals surface area contributed by atoms with Crippen molar-refractivity contribution in [2.45, 2.75) is 84.5 Å². The van der Waals surface area contributed by atoms with Crippen LogP contribution < -0.4 is 5.32 Å². The van der Waals surface area contributed by atoms with E-state index in [-0.39, 0.29) is 11.9 Å². The number of hydrogen-bond acceptors (Lipinski definition) is 6. The van der Waals surface area contributed by atoms with Crippen molar-refractivity contribution in [1.29, 1.82) is 0 Å². The van der Waals surface area contributed by atoms with E-state index in [1.165, 1.54) is 13.2 Å². The first-order valence-corrected chi connectivity index (χ1v) is 9.30. The quantitative estimate of drug-likeness (QED) is 0.454. The number of carbonyl (C=O) groups excluding carboxylic acids is 3. The summed E-state index contributed by atoms with van der Waals surface area (Å²) in [5.41, 5.74) is -0.194. The summed E-state index contributed by atoms with van der Waals surface area (Å²) in [6.45, 7) is 10.7. The second-order valence-corrected chi connectivity index (χ2v) is 8.82. The number of alkyl carbamates (subject to hydrolysis) is 1. The van der Waals surface area contributed by atoms with E-state index in [1.807, 2.05) is 20.8 Å². The average molecular weight is 383 g/mol. The number of esters is 2. The minimum atomic E-state index is -0.770. The predicted molar refractivity (Wildman–Crippen MR) is 101 cm³/mol. The van der Waals surface area contributed by atoms with E-state index in [0.717, 1.165) is 5.57 Å². The van der Waals surface area contributed by atoms with Gasteiger partial charge < -0.3 is 19.5 Å². The van der Waals surface area contributed by atoms with Crippen molar-refractivity contribution < 1.29 is 28.6 Å². The van der Waals surface area contributed by atoms with Gasteiger partial charge in [0.25, 0.3) is 0 Å². The zero-order chi connectivity index (χ0) is 20.8. The molecule has 0 radical (unpaired) electrons. The smallest absolute Gasteiger partial charge is 0.408 e. The molecule has 1 N–H and O–H groups in total. The van der Waals surface area contributed by atoms with Gasteiger partial charge in [0.05, 0.1) is 7.11 Å². The van der Waals surface area contributed by atoms with Crippen LogP contribution in [0.2, 0.25) is 0 Å². The minimum Gasteiger partial charge on any atom is -0.467 e. The molecule has 154 valence electrons. The highest BCUT2D eigenvalue weighted by Crippen LogP contribution is 2.31. The Labute approximate surface area is 161 Å². The number of ether oxygens (including phenoxy) is 3. The highest BCUT2D eigenvalue weighted by Gasteiger charge is 2.34. The first kappa shape index (κ1) is 23.0. The monoisotopic (exact) mass is 383 g/mol. The van der Waals surface area contributed by atoms with Crippen LogP contribution in [0.1, 0.15) is 67.2 Å². The van der Waals surface area contributed by atoms with E-state index in [9.17, 15) is 14.4 Å². The van der Waals surface area contributed by atoms with Gasteiger partial charge in [-0.25, -0.2) is 14.4 Å². The van der Waals surface area contributed by atoms with Gasteiger partial charge in [-0.2, -0.15) is 0 Å². The Morgan fingerprint density at radius 1 is 1.00 bits per heavy atom. The molecule has 1 unspecified atom stereocenters. The molecule has 0 saturated heterocycles. The number of carbonyl (C=O) groups is 3. The van der Waals surface area contributed by atoms with Crippen molar-refractivity contribution in [3.05, 3.63) is 11.6 Å². The predicted octanol–water partition coefficient (Wildman–Crippen LogP) is 3.51. The SMILES string of the molecule is COC(=O)C(NC(=O)OC(C)(C)C)C1CCC(=CC(=O)OC(C)(C)C)CC1. The Morgan fingerprint density at radius 2 is 1.52 bits per heavy atom. The molecule has 1 rings (SSSR count). The van der Waals surface area contributed by atoms with Crippen LogP contribution in [0.5, 0.6) is 0 Å². The van der Waals surface area contributed by atoms with E-state index in [2.05, 4.69) is 5.32 Å². The highest BCUT2D eigenvalue weighted by atomic mass is 16.6. The zero-order valence-electron chi connectivity index (χ0n) is 17.5. The molecule has 27 heavy (non-hydrogen) atoms. The van der Waals surface area contributed by atoms with E-state index in [1.54, 1.807) is 20.8 Å². The van der Waals surface area contributed by atoms with E-state index >= 15 is 0 Å². The maximum atomic E-state index is 12.1. The summed E-state index contributed by atoms with van der Waals surface area (Å²) in [4.78, 5) is 36.1. The molecule has 0 bridgehead atoms. The Balaban J connectivity index is 2.70. The van der Waals surface area contributed by atoms with Gasteiger partial charge in [-0.3, -0.25) is 0 Å². The Hall–Kier alpha value is -2.05. The van der Waals surface area contributed by atoms with Gasteiger partial charge in [0, 0.05) is 6.08 Å². The second kappa shape index (κ2) is 9.24. The Bertz CT molecular complexity index is 572. The van der Waals surface area contributed by atoms with Crippen LogP contribution in [-0.2, 0) is 23.8 Å². The summed E-state index contributed by atoms with van der Waals surface area (Å²) in [5, 5.41) is 2.63. The summed E-state index contributed by atoms with van der Waals surface area (Å²) in [6.07, 6.45) is 3.53. The molecule has 1 atom stereocenters. The molecule has 0 aliphatic heterocycles. The van der Waals surface area contributed by atoms with Crippen molar-refractivity contribution in [3.8, 4) is 0 Å². The van der Waals surface area contributed by atoms with Crippen molar-refractivity contribution in [3.63, 3.8) is 0 Å². The lowest BCUT2D eigenvalue weighted by Crippen LogP contribution is -2.48. The van der Waals surface area contributed by atoms with E-state index in [0.29, 0.717) is 25.7 Å². The molecular weight excluding hydrogens is 350 g/mol. The summed E-state index contributed by atoms with van der Waals surface area (Å²) in [5.74, 6) is -0.932. The van der Waals surface area contributed by atoms with Crippen molar-refractivity contribution in [1.82, 2.24) is 5.32 Å². The lowest BCUT2D eigenvalue weighted by Gasteiger charge is -2.31. The van der Waals surface area contributed by atoms with E-state index < -0.39 is 29.3 Å². The number of allylic oxidation sites excluding steroid dienone is 1. The number of methoxy groups -OCH3 is 1. The largest absolute Gasteiger partial charge is 0.467 e. The topological polar surface area (TPSA) is 90.9 Å². The second-order valence-electron chi connectivity index (χ2n) is 8.82. The highest BCUT2D eigenvalue weighted by molar-refractivity contribution is 5.83. The maximum Gasteiger partial charge on any atom is 0.408 e. The summed E-state index contributed by atoms with van der Waals surface area (Å²) in [7, 11) is 1.29. The standard InChI is InChI=1S/C20H33NO6/c1-19(2,3)26-15(22)12-13-8-10-14(11-9-13)16(17(23)25-7)21-18(24)27-20(4,5)6/h12,14,16H,8-11H2,1-7H3,(H,21,24). The van der Waals surface area contributed by atoms with Crippen LogP contribution in [0.15, 0.2) is 11.6 Å². The summed E-state index contributed by atoms with van der Waals surface area (Å²) >= 11 is 0. The first-order valence-electron chi connectivity index (χ1n) is 9.30. The fraction of sp³-hybridized carbons (Fsp3) is 0.750. The first-order chi connectivity index (χ1) is 12.3. The lowest BCUT2D eigenvalue weighted by molar-refractivity contribution is -0.148. The maximum absolute atomic E-state index is 12.1. The Kier molecular flexibility index (Phi) is 7.87. The molecule has 0 heterocycles. The van der Waals surface area contributed by atoms with Gasteiger partial charge in [0.1, 0.15) is 17.2 Å². The molecule has 1 saturated carbocycles. The average Bonchev–Trinajstić information content (AvgIpc) is 2.49. The zero-order valence-corrected chi connectivity index (χ0v) is 17.5. The molecule has 1 aliphatic rings. The third-order valence-corrected chi connectivity index (χ3v) is 4.00. The number of rotatable bonds is 4. The summed E-state index contributed by atoms with van der Waals surface area (Å²) in [6, 6.07) is -0.770. The molecule has 7 nitrogen and oxygen atoms in total. The van der Waals surface area contributed by atoms with Crippen LogP contribution in [0.25, 0.3) is 0 Å². The van der Waals surface area contributed by atoms with Crippen molar-refractivity contribution in [2.24, 2.45) is 5.92 Å². The van der Waals surface area contributed by atoms with Gasteiger partial charge >= 0.3 is 18.0 Å². The summed E-state index contributed by atoms with van der Waals surface area (Å²) < 4.78 is 15.4. The Morgan fingerprint density at radius 3 is 1.96 bits per heavy atom. The third kappa shape index (κ3) is 8.93. The molecule has 0 aromatic carbocycles. The van der Waals surface area contributed by atoms with Crippen LogP contribution in [-0.4, -0.2) is 42.4 Å². The van der Waals surface area contributed by atoms with Gasteiger partial charge in [-0.1, -0.05) is 5.57 Å². The van der Waals surface area contributed by atoms with Crippen LogP contribution in [0.4, 0.5) is 4.79 Å².